The largest absolute Gasteiger partial charge is 0.482 e. The van der Waals surface area contributed by atoms with Gasteiger partial charge in [-0.05, 0) is 30.2 Å². The molecule has 1 amide bonds. The van der Waals surface area contributed by atoms with Crippen molar-refractivity contribution in [1.29, 1.82) is 0 Å². The second-order valence-corrected chi connectivity index (χ2v) is 6.82. The van der Waals surface area contributed by atoms with Crippen LogP contribution in [0.4, 0.5) is 5.82 Å². The molecule has 6 nitrogen and oxygen atoms in total. The van der Waals surface area contributed by atoms with E-state index in [0.717, 1.165) is 12.0 Å². The van der Waals surface area contributed by atoms with Gasteiger partial charge in [-0.2, -0.15) is 5.10 Å². The average Bonchev–Trinajstić information content (AvgIpc) is 3.10. The number of carbonyl (C=O) groups excluding carboxylic acids is 1. The molecule has 0 aliphatic rings. The third-order valence-electron chi connectivity index (χ3n) is 3.62. The summed E-state index contributed by atoms with van der Waals surface area (Å²) in [5.74, 6) is 0.360. The summed E-state index contributed by atoms with van der Waals surface area (Å²) < 4.78 is 7.15. The van der Waals surface area contributed by atoms with Gasteiger partial charge in [0.05, 0.1) is 15.1 Å². The van der Waals surface area contributed by atoms with Crippen LogP contribution < -0.4 is 10.1 Å². The van der Waals surface area contributed by atoms with Gasteiger partial charge in [0.15, 0.2) is 12.4 Å². The number of carbonyl (C=O) groups is 1. The molecule has 27 heavy (non-hydrogen) atoms. The highest BCUT2D eigenvalue weighted by Crippen LogP contribution is 2.33. The maximum atomic E-state index is 12.0. The molecule has 0 spiro atoms. The van der Waals surface area contributed by atoms with Gasteiger partial charge >= 0.3 is 0 Å². The third kappa shape index (κ3) is 5.60. The molecule has 0 radical (unpaired) electrons. The van der Waals surface area contributed by atoms with Crippen molar-refractivity contribution in [3.63, 3.8) is 0 Å². The molecule has 0 aliphatic carbocycles. The van der Waals surface area contributed by atoms with Crippen LogP contribution in [0.25, 0.3) is 0 Å². The Bertz CT molecular complexity index is 932. The first kappa shape index (κ1) is 19.5. The standard InChI is InChI=1S/C18H15Cl3N4O2/c19-13-9-15(21)16(10-14(13)20)27-11-18(26)23-17-4-8-25(24-17)7-3-12-1-5-22-6-2-12/h1-2,4-6,8-10H,3,7,11H2,(H,23,24,26). The topological polar surface area (TPSA) is 69.0 Å². The molecule has 0 saturated carbocycles. The number of nitrogens with one attached hydrogen (secondary N) is 1. The molecule has 0 aliphatic heterocycles. The van der Waals surface area contributed by atoms with Crippen molar-refractivity contribution in [2.75, 3.05) is 11.9 Å². The molecule has 0 fully saturated rings. The normalized spacial score (nSPS) is 10.6. The molecule has 1 aromatic carbocycles. The number of aryl methyl sites for hydroxylation is 2. The minimum atomic E-state index is -0.364. The van der Waals surface area contributed by atoms with E-state index in [1.807, 2.05) is 12.1 Å². The molecule has 9 heteroatoms. The maximum absolute atomic E-state index is 12.0. The average molecular weight is 426 g/mol. The van der Waals surface area contributed by atoms with Crippen molar-refractivity contribution in [3.05, 3.63) is 69.6 Å². The molecule has 140 valence electrons. The number of halogens is 3. The zero-order valence-electron chi connectivity index (χ0n) is 14.0. The van der Waals surface area contributed by atoms with Crippen LogP contribution in [0.5, 0.6) is 5.75 Å². The minimum absolute atomic E-state index is 0.235. The maximum Gasteiger partial charge on any atom is 0.263 e. The molecule has 0 saturated heterocycles. The van der Waals surface area contributed by atoms with Crippen LogP contribution >= 0.6 is 34.8 Å². The lowest BCUT2D eigenvalue weighted by atomic mass is 10.2. The molecule has 0 atom stereocenters. The molecule has 2 heterocycles. The number of pyridine rings is 1. The van der Waals surface area contributed by atoms with Gasteiger partial charge in [-0.3, -0.25) is 14.5 Å². The number of ether oxygens (including phenoxy) is 1. The van der Waals surface area contributed by atoms with Crippen molar-refractivity contribution in [2.24, 2.45) is 0 Å². The number of hydrogen-bond acceptors (Lipinski definition) is 4. The number of amides is 1. The summed E-state index contributed by atoms with van der Waals surface area (Å²) in [4.78, 5) is 16.0. The van der Waals surface area contributed by atoms with E-state index in [4.69, 9.17) is 39.5 Å². The highest BCUT2D eigenvalue weighted by atomic mass is 35.5. The van der Waals surface area contributed by atoms with Crippen LogP contribution in [0, 0.1) is 0 Å². The summed E-state index contributed by atoms with van der Waals surface area (Å²) in [6, 6.07) is 8.56. The first-order valence-electron chi connectivity index (χ1n) is 8.01. The number of aromatic nitrogens is 3. The quantitative estimate of drug-likeness (QED) is 0.566. The fourth-order valence-electron chi connectivity index (χ4n) is 2.28. The van der Waals surface area contributed by atoms with E-state index in [2.05, 4.69) is 15.4 Å². The Morgan fingerprint density at radius 3 is 2.59 bits per heavy atom. The predicted octanol–water partition coefficient (Wildman–Crippen LogP) is 4.50. The fraction of sp³-hybridized carbons (Fsp3) is 0.167. The molecule has 3 rings (SSSR count). The summed E-state index contributed by atoms with van der Waals surface area (Å²) in [5.41, 5.74) is 1.16. The fourth-order valence-corrected chi connectivity index (χ4v) is 2.87. The summed E-state index contributed by atoms with van der Waals surface area (Å²) in [6.07, 6.45) is 6.12. The van der Waals surface area contributed by atoms with E-state index in [9.17, 15) is 4.79 Å². The molecule has 3 aromatic rings. The zero-order chi connectivity index (χ0) is 19.2. The van der Waals surface area contributed by atoms with Crippen molar-refractivity contribution in [2.45, 2.75) is 13.0 Å². The van der Waals surface area contributed by atoms with E-state index < -0.39 is 0 Å². The second-order valence-electron chi connectivity index (χ2n) is 5.60. The number of rotatable bonds is 7. The number of hydrogen-bond donors (Lipinski definition) is 1. The predicted molar refractivity (Wildman–Crippen MR) is 106 cm³/mol. The lowest BCUT2D eigenvalue weighted by Gasteiger charge is -2.09. The second kappa shape index (κ2) is 9.08. The molecular weight excluding hydrogens is 411 g/mol. The van der Waals surface area contributed by atoms with Crippen molar-refractivity contribution < 1.29 is 9.53 Å². The minimum Gasteiger partial charge on any atom is -0.482 e. The molecule has 2 aromatic heterocycles. The molecule has 0 bridgehead atoms. The summed E-state index contributed by atoms with van der Waals surface area (Å²) in [6.45, 7) is 0.455. The summed E-state index contributed by atoms with van der Waals surface area (Å²) in [5, 5.41) is 7.87. The van der Waals surface area contributed by atoms with Gasteiger partial charge in [-0.25, -0.2) is 0 Å². The van der Waals surface area contributed by atoms with Gasteiger partial charge in [-0.15, -0.1) is 0 Å². The van der Waals surface area contributed by atoms with Gasteiger partial charge in [0.2, 0.25) is 0 Å². The van der Waals surface area contributed by atoms with E-state index in [-0.39, 0.29) is 23.3 Å². The van der Waals surface area contributed by atoms with Crippen molar-refractivity contribution in [1.82, 2.24) is 14.8 Å². The molecule has 0 unspecified atom stereocenters. The Kier molecular flexibility index (Phi) is 6.55. The van der Waals surface area contributed by atoms with Crippen molar-refractivity contribution in [3.8, 4) is 5.75 Å². The van der Waals surface area contributed by atoms with Crippen LogP contribution in [0.3, 0.4) is 0 Å². The Labute approximate surface area is 171 Å². The first-order chi connectivity index (χ1) is 13.0. The zero-order valence-corrected chi connectivity index (χ0v) is 16.3. The molecule has 1 N–H and O–H groups in total. The van der Waals surface area contributed by atoms with Gasteiger partial charge in [0, 0.05) is 37.3 Å². The van der Waals surface area contributed by atoms with E-state index in [0.29, 0.717) is 22.4 Å². The Morgan fingerprint density at radius 1 is 1.07 bits per heavy atom. The number of nitrogens with zero attached hydrogens (tertiary/aromatic N) is 3. The summed E-state index contributed by atoms with van der Waals surface area (Å²) in [7, 11) is 0. The van der Waals surface area contributed by atoms with Crippen LogP contribution in [-0.4, -0.2) is 27.3 Å². The smallest absolute Gasteiger partial charge is 0.263 e. The number of benzene rings is 1. The van der Waals surface area contributed by atoms with Crippen LogP contribution in [0.2, 0.25) is 15.1 Å². The van der Waals surface area contributed by atoms with Crippen molar-refractivity contribution >= 4 is 46.5 Å². The Balaban J connectivity index is 1.50. The Hall–Kier alpha value is -2.28. The van der Waals surface area contributed by atoms with E-state index >= 15 is 0 Å². The SMILES string of the molecule is O=C(COc1cc(Cl)c(Cl)cc1Cl)Nc1ccn(CCc2ccncc2)n1. The van der Waals surface area contributed by atoms with Gasteiger partial charge < -0.3 is 10.1 Å². The van der Waals surface area contributed by atoms with E-state index in [1.165, 1.54) is 12.1 Å². The third-order valence-corrected chi connectivity index (χ3v) is 4.64. The van der Waals surface area contributed by atoms with E-state index in [1.54, 1.807) is 29.3 Å². The van der Waals surface area contributed by atoms with Crippen LogP contribution in [0.15, 0.2) is 48.9 Å². The lowest BCUT2D eigenvalue weighted by Crippen LogP contribution is -2.20. The van der Waals surface area contributed by atoms with Crippen LogP contribution in [-0.2, 0) is 17.8 Å². The van der Waals surface area contributed by atoms with Gasteiger partial charge in [0.25, 0.3) is 5.91 Å². The summed E-state index contributed by atoms with van der Waals surface area (Å²) >= 11 is 17.8. The highest BCUT2D eigenvalue weighted by Gasteiger charge is 2.10. The number of anilines is 1. The van der Waals surface area contributed by atoms with Gasteiger partial charge in [-0.1, -0.05) is 34.8 Å². The lowest BCUT2D eigenvalue weighted by molar-refractivity contribution is -0.118. The first-order valence-corrected chi connectivity index (χ1v) is 9.14. The Morgan fingerprint density at radius 2 is 1.81 bits per heavy atom. The molecular formula is C18H15Cl3N4O2. The monoisotopic (exact) mass is 424 g/mol. The van der Waals surface area contributed by atoms with Crippen LogP contribution in [0.1, 0.15) is 5.56 Å². The van der Waals surface area contributed by atoms with Gasteiger partial charge in [0.1, 0.15) is 5.75 Å². The highest BCUT2D eigenvalue weighted by molar-refractivity contribution is 6.43.